The molecular weight excluding hydrogens is 347 g/mol. The summed E-state index contributed by atoms with van der Waals surface area (Å²) in [5.41, 5.74) is 2.20. The van der Waals surface area contributed by atoms with E-state index in [9.17, 15) is 4.79 Å². The monoisotopic (exact) mass is 360 g/mol. The molecule has 0 fully saturated rings. The number of carbonyl (C=O) groups excluding carboxylic acids is 1. The zero-order valence-electron chi connectivity index (χ0n) is 12.3. The smallest absolute Gasteiger partial charge is 0.258 e. The maximum Gasteiger partial charge on any atom is 0.258 e. The average Bonchev–Trinajstić information content (AvgIpc) is 2.53. The van der Waals surface area contributed by atoms with Crippen molar-refractivity contribution in [3.63, 3.8) is 0 Å². The number of hydrogen-bond donors (Lipinski definition) is 0. The summed E-state index contributed by atoms with van der Waals surface area (Å²) in [5, 5.41) is 0. The summed E-state index contributed by atoms with van der Waals surface area (Å²) < 4.78 is 11.6. The van der Waals surface area contributed by atoms with Crippen molar-refractivity contribution in [1.29, 1.82) is 0 Å². The molecule has 3 rings (SSSR count). The van der Waals surface area contributed by atoms with Crippen LogP contribution in [0.5, 0.6) is 11.5 Å². The van der Waals surface area contributed by atoms with E-state index in [4.69, 9.17) is 9.47 Å². The van der Waals surface area contributed by atoms with Crippen LogP contribution >= 0.6 is 15.9 Å². The minimum absolute atomic E-state index is 0.0796. The number of rotatable bonds is 2. The highest BCUT2D eigenvalue weighted by Gasteiger charge is 2.25. The molecule has 1 aromatic carbocycles. The number of pyridine rings is 1. The normalized spacial score (nSPS) is 13.3. The molecule has 0 N–H and O–H groups in total. The molecule has 0 radical (unpaired) electrons. The molecule has 0 unspecified atom stereocenters. The van der Waals surface area contributed by atoms with E-state index in [1.165, 1.54) is 0 Å². The molecule has 1 aromatic heterocycles. The van der Waals surface area contributed by atoms with Gasteiger partial charge in [-0.25, -0.2) is 0 Å². The van der Waals surface area contributed by atoms with Gasteiger partial charge in [-0.05, 0) is 27.5 Å². The summed E-state index contributed by atoms with van der Waals surface area (Å²) in [6.07, 6.45) is 3.30. The molecule has 22 heavy (non-hydrogen) atoms. The van der Waals surface area contributed by atoms with Gasteiger partial charge >= 0.3 is 0 Å². The Morgan fingerprint density at radius 2 is 2.32 bits per heavy atom. The quantitative estimate of drug-likeness (QED) is 0.754. The molecule has 1 aliphatic rings. The number of methoxy groups -OCH3 is 1. The Hall–Kier alpha value is -2.02. The first-order valence-corrected chi connectivity index (χ1v) is 7.64. The fourth-order valence-electron chi connectivity index (χ4n) is 2.55. The summed E-state index contributed by atoms with van der Waals surface area (Å²) in [6, 6.07) is 5.38. The van der Waals surface area contributed by atoms with Crippen LogP contribution < -0.4 is 19.8 Å². The minimum Gasteiger partial charge on any atom is -0.496 e. The lowest BCUT2D eigenvalue weighted by molar-refractivity contribution is 0.0976. The van der Waals surface area contributed by atoms with Gasteiger partial charge in [0.15, 0.2) is 0 Å². The molecule has 112 valence electrons. The number of anilines is 1. The first kappa shape index (κ1) is 14.9. The Morgan fingerprint density at radius 1 is 1.50 bits per heavy atom. The van der Waals surface area contributed by atoms with Crippen LogP contribution in [0.3, 0.4) is 0 Å². The molecular formula is C15H14BBrN2O3. The van der Waals surface area contributed by atoms with Gasteiger partial charge in [0.2, 0.25) is 0 Å². The van der Waals surface area contributed by atoms with Crippen LogP contribution in [0.15, 0.2) is 35.1 Å². The Morgan fingerprint density at radius 3 is 3.05 bits per heavy atom. The summed E-state index contributed by atoms with van der Waals surface area (Å²) in [4.78, 5) is 18.6. The summed E-state index contributed by atoms with van der Waals surface area (Å²) in [5.74, 6) is 1.34. The topological polar surface area (TPSA) is 51.7 Å². The number of hydrogen-bond acceptors (Lipinski definition) is 4. The third-order valence-corrected chi connectivity index (χ3v) is 4.14. The van der Waals surface area contributed by atoms with Gasteiger partial charge in [0.1, 0.15) is 31.6 Å². The second-order valence-corrected chi connectivity index (χ2v) is 5.81. The van der Waals surface area contributed by atoms with Crippen molar-refractivity contribution in [2.45, 2.75) is 0 Å². The summed E-state index contributed by atoms with van der Waals surface area (Å²) in [7, 11) is 3.52. The molecule has 2 heterocycles. The second-order valence-electron chi connectivity index (χ2n) is 4.96. The molecule has 0 saturated carbocycles. The maximum atomic E-state index is 12.8. The number of ether oxygens (including phenoxy) is 2. The van der Waals surface area contributed by atoms with Crippen LogP contribution in [0, 0.1) is 0 Å². The van der Waals surface area contributed by atoms with E-state index in [1.807, 2.05) is 13.9 Å². The van der Waals surface area contributed by atoms with Gasteiger partial charge in [0.25, 0.3) is 5.91 Å². The SMILES string of the molecule is Bc1cc(C(=O)N2CCOc3ccncc32)cc(Br)c1OC. The second kappa shape index (κ2) is 6.00. The van der Waals surface area contributed by atoms with Crippen molar-refractivity contribution >= 4 is 40.8 Å². The fraction of sp³-hybridized carbons (Fsp3) is 0.200. The number of aromatic nitrogens is 1. The first-order valence-electron chi connectivity index (χ1n) is 6.84. The van der Waals surface area contributed by atoms with E-state index >= 15 is 0 Å². The van der Waals surface area contributed by atoms with E-state index in [0.717, 1.165) is 15.7 Å². The van der Waals surface area contributed by atoms with Crippen LogP contribution in [0.25, 0.3) is 0 Å². The highest BCUT2D eigenvalue weighted by molar-refractivity contribution is 9.10. The number of benzene rings is 1. The Bertz CT molecular complexity index is 715. The Labute approximate surface area is 137 Å². The van der Waals surface area contributed by atoms with E-state index in [1.54, 1.807) is 36.5 Å². The standard InChI is InChI=1S/C15H14BBrN2O3/c1-21-14-10(16)6-9(7-11(14)17)15(20)19-4-5-22-13-2-3-18-8-12(13)19/h2-3,6-8H,4-5,16H2,1H3. The van der Waals surface area contributed by atoms with Gasteiger partial charge in [-0.1, -0.05) is 6.07 Å². The number of carbonyl (C=O) groups is 1. The Kier molecular flexibility index (Phi) is 4.07. The predicted octanol–water partition coefficient (Wildman–Crippen LogP) is 1.15. The van der Waals surface area contributed by atoms with Gasteiger partial charge in [0.05, 0.1) is 24.3 Å². The predicted molar refractivity (Wildman–Crippen MR) is 90.3 cm³/mol. The van der Waals surface area contributed by atoms with Gasteiger partial charge in [0, 0.05) is 17.8 Å². The molecule has 1 aliphatic heterocycles. The Balaban J connectivity index is 1.99. The molecule has 0 saturated heterocycles. The third kappa shape index (κ3) is 2.56. The van der Waals surface area contributed by atoms with E-state index in [0.29, 0.717) is 30.2 Å². The lowest BCUT2D eigenvalue weighted by Crippen LogP contribution is -2.38. The van der Waals surface area contributed by atoms with E-state index < -0.39 is 0 Å². The zero-order valence-corrected chi connectivity index (χ0v) is 13.9. The summed E-state index contributed by atoms with van der Waals surface area (Å²) in [6.45, 7) is 0.972. The largest absolute Gasteiger partial charge is 0.496 e. The van der Waals surface area contributed by atoms with E-state index in [-0.39, 0.29) is 5.91 Å². The van der Waals surface area contributed by atoms with Gasteiger partial charge < -0.3 is 14.4 Å². The molecule has 0 atom stereocenters. The van der Waals surface area contributed by atoms with Crippen molar-refractivity contribution in [1.82, 2.24) is 4.98 Å². The zero-order chi connectivity index (χ0) is 15.7. The molecule has 2 aromatic rings. The van der Waals surface area contributed by atoms with Crippen LogP contribution in [0.1, 0.15) is 10.4 Å². The van der Waals surface area contributed by atoms with Crippen LogP contribution in [0.2, 0.25) is 0 Å². The molecule has 1 amide bonds. The molecule has 7 heteroatoms. The van der Waals surface area contributed by atoms with Crippen LogP contribution in [-0.2, 0) is 0 Å². The lowest BCUT2D eigenvalue weighted by Gasteiger charge is -2.29. The minimum atomic E-state index is -0.0796. The van der Waals surface area contributed by atoms with Crippen molar-refractivity contribution < 1.29 is 14.3 Å². The average molecular weight is 361 g/mol. The maximum absolute atomic E-state index is 12.8. The van der Waals surface area contributed by atoms with Crippen LogP contribution in [0.4, 0.5) is 5.69 Å². The molecule has 0 bridgehead atoms. The summed E-state index contributed by atoms with van der Waals surface area (Å²) >= 11 is 3.45. The van der Waals surface area contributed by atoms with Gasteiger partial charge in [-0.15, -0.1) is 0 Å². The van der Waals surface area contributed by atoms with E-state index in [2.05, 4.69) is 20.9 Å². The van der Waals surface area contributed by atoms with Crippen molar-refractivity contribution in [2.24, 2.45) is 0 Å². The van der Waals surface area contributed by atoms with Crippen molar-refractivity contribution in [2.75, 3.05) is 25.2 Å². The highest BCUT2D eigenvalue weighted by Crippen LogP contribution is 2.32. The van der Waals surface area contributed by atoms with Crippen molar-refractivity contribution in [3.05, 3.63) is 40.6 Å². The fourth-order valence-corrected chi connectivity index (χ4v) is 3.27. The number of fused-ring (bicyclic) bond motifs is 1. The van der Waals surface area contributed by atoms with Crippen LogP contribution in [-0.4, -0.2) is 39.0 Å². The number of nitrogens with zero attached hydrogens (tertiary/aromatic N) is 2. The van der Waals surface area contributed by atoms with Gasteiger partial charge in [-0.2, -0.15) is 0 Å². The molecule has 5 nitrogen and oxygen atoms in total. The molecule has 0 aliphatic carbocycles. The highest BCUT2D eigenvalue weighted by atomic mass is 79.9. The lowest BCUT2D eigenvalue weighted by atomic mass is 9.92. The molecule has 0 spiro atoms. The van der Waals surface area contributed by atoms with Crippen molar-refractivity contribution in [3.8, 4) is 11.5 Å². The number of halogens is 1. The number of amides is 1. The third-order valence-electron chi connectivity index (χ3n) is 3.55. The first-order chi connectivity index (χ1) is 10.6. The van der Waals surface area contributed by atoms with Gasteiger partial charge in [-0.3, -0.25) is 9.78 Å².